The molecule has 112 valence electrons. The highest BCUT2D eigenvalue weighted by Crippen LogP contribution is 2.28. The quantitative estimate of drug-likeness (QED) is 0.839. The summed E-state index contributed by atoms with van der Waals surface area (Å²) in [5.41, 5.74) is 7.19. The molecule has 0 heterocycles. The SMILES string of the molecule is Cc1ccc(S(=O)(=O)NCC2CCCC(C)C2)cc1N. The van der Waals surface area contributed by atoms with Gasteiger partial charge < -0.3 is 5.73 Å². The van der Waals surface area contributed by atoms with Gasteiger partial charge in [-0.15, -0.1) is 0 Å². The molecule has 2 rings (SSSR count). The second kappa shape index (κ2) is 6.14. The van der Waals surface area contributed by atoms with E-state index in [0.29, 0.717) is 24.1 Å². The zero-order chi connectivity index (χ0) is 14.8. The van der Waals surface area contributed by atoms with Gasteiger partial charge in [-0.1, -0.05) is 25.8 Å². The Morgan fingerprint density at radius 2 is 2.10 bits per heavy atom. The highest BCUT2D eigenvalue weighted by molar-refractivity contribution is 7.89. The summed E-state index contributed by atoms with van der Waals surface area (Å²) in [6, 6.07) is 4.88. The lowest BCUT2D eigenvalue weighted by Crippen LogP contribution is -2.31. The van der Waals surface area contributed by atoms with Gasteiger partial charge in [-0.3, -0.25) is 0 Å². The molecule has 0 bridgehead atoms. The predicted molar refractivity (Wildman–Crippen MR) is 81.9 cm³/mol. The summed E-state index contributed by atoms with van der Waals surface area (Å²) >= 11 is 0. The molecule has 0 radical (unpaired) electrons. The summed E-state index contributed by atoms with van der Waals surface area (Å²) in [5.74, 6) is 1.16. The maximum Gasteiger partial charge on any atom is 0.240 e. The Bertz CT molecular complexity index is 569. The first-order chi connectivity index (χ1) is 9.38. The van der Waals surface area contributed by atoms with Crippen LogP contribution in [0.3, 0.4) is 0 Å². The Kier molecular flexibility index (Phi) is 4.70. The van der Waals surface area contributed by atoms with Crippen molar-refractivity contribution in [2.24, 2.45) is 11.8 Å². The first kappa shape index (κ1) is 15.3. The van der Waals surface area contributed by atoms with Crippen LogP contribution >= 0.6 is 0 Å². The normalized spacial score (nSPS) is 23.7. The Morgan fingerprint density at radius 3 is 2.75 bits per heavy atom. The summed E-state index contributed by atoms with van der Waals surface area (Å²) in [6.45, 7) is 4.63. The molecule has 20 heavy (non-hydrogen) atoms. The fourth-order valence-corrected chi connectivity index (χ4v) is 3.99. The highest BCUT2D eigenvalue weighted by atomic mass is 32.2. The summed E-state index contributed by atoms with van der Waals surface area (Å²) in [6.07, 6.45) is 4.68. The van der Waals surface area contributed by atoms with Gasteiger partial charge in [-0.2, -0.15) is 0 Å². The minimum Gasteiger partial charge on any atom is -0.398 e. The van der Waals surface area contributed by atoms with Crippen LogP contribution in [0.2, 0.25) is 0 Å². The average Bonchev–Trinajstić information content (AvgIpc) is 2.40. The van der Waals surface area contributed by atoms with Crippen LogP contribution in [0.1, 0.15) is 38.2 Å². The van der Waals surface area contributed by atoms with E-state index < -0.39 is 10.0 Å². The van der Waals surface area contributed by atoms with Crippen LogP contribution in [-0.4, -0.2) is 15.0 Å². The van der Waals surface area contributed by atoms with Crippen LogP contribution < -0.4 is 10.5 Å². The molecular weight excluding hydrogens is 272 g/mol. The summed E-state index contributed by atoms with van der Waals surface area (Å²) in [5, 5.41) is 0. The fraction of sp³-hybridized carbons (Fsp3) is 0.600. The molecule has 1 aliphatic carbocycles. The molecule has 0 saturated heterocycles. The van der Waals surface area contributed by atoms with E-state index in [1.807, 2.05) is 6.92 Å². The third-order valence-electron chi connectivity index (χ3n) is 4.17. The summed E-state index contributed by atoms with van der Waals surface area (Å²) < 4.78 is 27.2. The van der Waals surface area contributed by atoms with Crippen LogP contribution in [0.5, 0.6) is 0 Å². The van der Waals surface area contributed by atoms with Crippen LogP contribution in [0, 0.1) is 18.8 Å². The molecule has 0 spiro atoms. The Hall–Kier alpha value is -1.07. The Balaban J connectivity index is 2.01. The first-order valence-electron chi connectivity index (χ1n) is 7.24. The second-order valence-electron chi connectivity index (χ2n) is 6.01. The largest absolute Gasteiger partial charge is 0.398 e. The number of benzene rings is 1. The lowest BCUT2D eigenvalue weighted by Gasteiger charge is -2.26. The van der Waals surface area contributed by atoms with Crippen molar-refractivity contribution in [1.29, 1.82) is 0 Å². The molecule has 0 aromatic heterocycles. The van der Waals surface area contributed by atoms with Crippen molar-refractivity contribution in [3.8, 4) is 0 Å². The zero-order valence-electron chi connectivity index (χ0n) is 12.2. The van der Waals surface area contributed by atoms with Crippen molar-refractivity contribution in [1.82, 2.24) is 4.72 Å². The number of sulfonamides is 1. The summed E-state index contributed by atoms with van der Waals surface area (Å²) in [7, 11) is -3.45. The van der Waals surface area contributed by atoms with E-state index in [9.17, 15) is 8.42 Å². The van der Waals surface area contributed by atoms with Crippen molar-refractivity contribution in [3.63, 3.8) is 0 Å². The van der Waals surface area contributed by atoms with Gasteiger partial charge in [0.25, 0.3) is 0 Å². The minimum absolute atomic E-state index is 0.254. The van der Waals surface area contributed by atoms with Crippen molar-refractivity contribution >= 4 is 15.7 Å². The van der Waals surface area contributed by atoms with Crippen molar-refractivity contribution in [2.75, 3.05) is 12.3 Å². The van der Waals surface area contributed by atoms with E-state index in [2.05, 4.69) is 11.6 Å². The van der Waals surface area contributed by atoms with E-state index in [-0.39, 0.29) is 4.90 Å². The van der Waals surface area contributed by atoms with Gasteiger partial charge in [-0.25, -0.2) is 13.1 Å². The topological polar surface area (TPSA) is 72.2 Å². The van der Waals surface area contributed by atoms with Crippen LogP contribution in [-0.2, 0) is 10.0 Å². The van der Waals surface area contributed by atoms with Gasteiger partial charge in [0, 0.05) is 12.2 Å². The van der Waals surface area contributed by atoms with Crippen molar-refractivity contribution in [2.45, 2.75) is 44.4 Å². The lowest BCUT2D eigenvalue weighted by molar-refractivity contribution is 0.283. The molecule has 3 N–H and O–H groups in total. The average molecular weight is 296 g/mol. The molecule has 2 unspecified atom stereocenters. The second-order valence-corrected chi connectivity index (χ2v) is 7.78. The van der Waals surface area contributed by atoms with E-state index >= 15 is 0 Å². The molecule has 1 aliphatic rings. The molecule has 2 atom stereocenters. The number of nitrogens with two attached hydrogens (primary N) is 1. The first-order valence-corrected chi connectivity index (χ1v) is 8.72. The molecule has 0 aliphatic heterocycles. The molecular formula is C15H24N2O2S. The zero-order valence-corrected chi connectivity index (χ0v) is 13.0. The highest BCUT2D eigenvalue weighted by Gasteiger charge is 2.22. The fourth-order valence-electron chi connectivity index (χ4n) is 2.84. The number of nitrogen functional groups attached to an aromatic ring is 1. The number of hydrogen-bond donors (Lipinski definition) is 2. The Morgan fingerprint density at radius 1 is 1.35 bits per heavy atom. The van der Waals surface area contributed by atoms with Crippen LogP contribution in [0.15, 0.2) is 23.1 Å². The van der Waals surface area contributed by atoms with Crippen molar-refractivity contribution in [3.05, 3.63) is 23.8 Å². The van der Waals surface area contributed by atoms with E-state index in [1.54, 1.807) is 12.1 Å². The van der Waals surface area contributed by atoms with Gasteiger partial charge in [0.05, 0.1) is 4.90 Å². The van der Waals surface area contributed by atoms with Crippen LogP contribution in [0.4, 0.5) is 5.69 Å². The lowest BCUT2D eigenvalue weighted by atomic mass is 9.83. The molecule has 1 fully saturated rings. The number of hydrogen-bond acceptors (Lipinski definition) is 3. The smallest absolute Gasteiger partial charge is 0.240 e. The number of nitrogens with one attached hydrogen (secondary N) is 1. The van der Waals surface area contributed by atoms with Gasteiger partial charge in [0.2, 0.25) is 10.0 Å². The molecule has 1 aromatic carbocycles. The molecule has 1 aromatic rings. The predicted octanol–water partition coefficient (Wildman–Crippen LogP) is 2.68. The van der Waals surface area contributed by atoms with Crippen molar-refractivity contribution < 1.29 is 8.42 Å². The number of aryl methyl sites for hydroxylation is 1. The van der Waals surface area contributed by atoms with Gasteiger partial charge in [0.15, 0.2) is 0 Å². The van der Waals surface area contributed by atoms with E-state index in [1.165, 1.54) is 18.9 Å². The maximum atomic E-state index is 12.3. The van der Waals surface area contributed by atoms with Gasteiger partial charge in [-0.05, 0) is 49.3 Å². The minimum atomic E-state index is -3.45. The maximum absolute atomic E-state index is 12.3. The van der Waals surface area contributed by atoms with E-state index in [0.717, 1.165) is 18.4 Å². The third-order valence-corrected chi connectivity index (χ3v) is 5.59. The monoisotopic (exact) mass is 296 g/mol. The van der Waals surface area contributed by atoms with Gasteiger partial charge >= 0.3 is 0 Å². The molecule has 4 nitrogen and oxygen atoms in total. The van der Waals surface area contributed by atoms with Gasteiger partial charge in [0.1, 0.15) is 0 Å². The van der Waals surface area contributed by atoms with Crippen LogP contribution in [0.25, 0.3) is 0 Å². The molecule has 1 saturated carbocycles. The molecule has 0 amide bonds. The standard InChI is InChI=1S/C15H24N2O2S/c1-11-4-3-5-13(8-11)10-17-20(18,19)14-7-6-12(2)15(16)9-14/h6-7,9,11,13,17H,3-5,8,10,16H2,1-2H3. The third kappa shape index (κ3) is 3.73. The number of rotatable bonds is 4. The van der Waals surface area contributed by atoms with E-state index in [4.69, 9.17) is 5.73 Å². The molecule has 5 heteroatoms. The Labute approximate surface area is 121 Å². The summed E-state index contributed by atoms with van der Waals surface area (Å²) in [4.78, 5) is 0.254. The number of anilines is 1.